The number of rotatable bonds is 5. The molecule has 1 aromatic heterocycles. The highest BCUT2D eigenvalue weighted by molar-refractivity contribution is 5.92. The molecule has 0 spiro atoms. The van der Waals surface area contributed by atoms with Gasteiger partial charge in [-0.2, -0.15) is 0 Å². The Bertz CT molecular complexity index is 667. The molecule has 0 atom stereocenters. The number of amides is 1. The van der Waals surface area contributed by atoms with Crippen molar-refractivity contribution in [1.82, 2.24) is 25.2 Å². The average Bonchev–Trinajstić information content (AvgIpc) is 3.11. The van der Waals surface area contributed by atoms with Crippen molar-refractivity contribution in [3.8, 4) is 0 Å². The van der Waals surface area contributed by atoms with E-state index in [0.717, 1.165) is 31.5 Å². The molecule has 1 aliphatic heterocycles. The third kappa shape index (κ3) is 4.80. The summed E-state index contributed by atoms with van der Waals surface area (Å²) in [7, 11) is 0. The summed E-state index contributed by atoms with van der Waals surface area (Å²) in [6, 6.07) is 10.5. The molecular formula is C18H26ClN5O. The van der Waals surface area contributed by atoms with Crippen LogP contribution in [0.4, 0.5) is 0 Å². The van der Waals surface area contributed by atoms with Crippen LogP contribution in [0.15, 0.2) is 36.5 Å². The lowest BCUT2D eigenvalue weighted by molar-refractivity contribution is 0.0684. The number of hydrogen-bond donors (Lipinski definition) is 1. The first-order valence-corrected chi connectivity index (χ1v) is 8.62. The normalized spacial score (nSPS) is 15.0. The van der Waals surface area contributed by atoms with Crippen LogP contribution < -0.4 is 5.32 Å². The smallest absolute Gasteiger partial charge is 0.276 e. The molecule has 25 heavy (non-hydrogen) atoms. The Morgan fingerprint density at radius 2 is 1.96 bits per heavy atom. The van der Waals surface area contributed by atoms with Crippen LogP contribution in [0, 0.1) is 0 Å². The van der Waals surface area contributed by atoms with Gasteiger partial charge in [-0.05, 0) is 45.3 Å². The zero-order chi connectivity index (χ0) is 16.9. The van der Waals surface area contributed by atoms with E-state index in [9.17, 15) is 4.79 Å². The minimum absolute atomic E-state index is 0. The Balaban J connectivity index is 0.00000225. The van der Waals surface area contributed by atoms with Crippen molar-refractivity contribution in [2.45, 2.75) is 45.3 Å². The molecule has 1 aliphatic rings. The van der Waals surface area contributed by atoms with Crippen molar-refractivity contribution < 1.29 is 4.79 Å². The summed E-state index contributed by atoms with van der Waals surface area (Å²) in [5.74, 6) is -0.0611. The molecule has 0 bridgehead atoms. The maximum absolute atomic E-state index is 12.9. The number of nitrogens with zero attached hydrogens (tertiary/aromatic N) is 4. The molecule has 0 unspecified atom stereocenters. The zero-order valence-electron chi connectivity index (χ0n) is 14.8. The van der Waals surface area contributed by atoms with Crippen molar-refractivity contribution in [3.63, 3.8) is 0 Å². The van der Waals surface area contributed by atoms with Gasteiger partial charge in [0.05, 0.1) is 12.2 Å². The molecule has 2 heterocycles. The number of nitrogens with one attached hydrogen (secondary N) is 1. The van der Waals surface area contributed by atoms with Crippen molar-refractivity contribution in [2.75, 3.05) is 13.1 Å². The second-order valence-corrected chi connectivity index (χ2v) is 6.58. The number of benzene rings is 1. The van der Waals surface area contributed by atoms with Crippen LogP contribution in [0.25, 0.3) is 0 Å². The highest BCUT2D eigenvalue weighted by Crippen LogP contribution is 2.18. The van der Waals surface area contributed by atoms with E-state index in [0.29, 0.717) is 18.3 Å². The summed E-state index contributed by atoms with van der Waals surface area (Å²) in [5, 5.41) is 11.7. The molecule has 6 nitrogen and oxygen atoms in total. The molecule has 1 amide bonds. The quantitative estimate of drug-likeness (QED) is 0.887. The van der Waals surface area contributed by atoms with Crippen molar-refractivity contribution in [1.29, 1.82) is 0 Å². The van der Waals surface area contributed by atoms with Gasteiger partial charge in [0, 0.05) is 12.6 Å². The highest BCUT2D eigenvalue weighted by Gasteiger charge is 2.24. The van der Waals surface area contributed by atoms with Gasteiger partial charge in [0.25, 0.3) is 5.91 Å². The van der Waals surface area contributed by atoms with Crippen LogP contribution in [0.5, 0.6) is 0 Å². The van der Waals surface area contributed by atoms with E-state index in [1.165, 1.54) is 0 Å². The standard InChI is InChI=1S/C18H25N5O.ClH/c1-14(2)22(12-15-6-4-3-5-7-15)18(24)17-13-23(21-20-17)16-8-10-19-11-9-16;/h3-7,13-14,16,19H,8-12H2,1-2H3;1H. The lowest BCUT2D eigenvalue weighted by atomic mass is 10.1. The van der Waals surface area contributed by atoms with Crippen LogP contribution in [0.3, 0.4) is 0 Å². The van der Waals surface area contributed by atoms with E-state index < -0.39 is 0 Å². The Morgan fingerprint density at radius 1 is 1.28 bits per heavy atom. The maximum atomic E-state index is 12.9. The highest BCUT2D eigenvalue weighted by atomic mass is 35.5. The fourth-order valence-electron chi connectivity index (χ4n) is 3.04. The fraction of sp³-hybridized carbons (Fsp3) is 0.500. The van der Waals surface area contributed by atoms with E-state index in [4.69, 9.17) is 0 Å². The SMILES string of the molecule is CC(C)N(Cc1ccccc1)C(=O)c1cn(C2CCNCC2)nn1.Cl. The van der Waals surface area contributed by atoms with Crippen LogP contribution in [-0.2, 0) is 6.54 Å². The van der Waals surface area contributed by atoms with E-state index in [1.807, 2.05) is 53.8 Å². The Labute approximate surface area is 155 Å². The number of aromatic nitrogens is 3. The lowest BCUT2D eigenvalue weighted by Gasteiger charge is -2.26. The number of carbonyl (C=O) groups excluding carboxylic acids is 1. The van der Waals surface area contributed by atoms with Gasteiger partial charge < -0.3 is 10.2 Å². The lowest BCUT2D eigenvalue weighted by Crippen LogP contribution is -2.36. The Morgan fingerprint density at radius 3 is 2.60 bits per heavy atom. The van der Waals surface area contributed by atoms with Crippen molar-refractivity contribution in [3.05, 3.63) is 47.8 Å². The molecule has 1 fully saturated rings. The Kier molecular flexibility index (Phi) is 6.96. The van der Waals surface area contributed by atoms with Crippen LogP contribution >= 0.6 is 12.4 Å². The molecule has 136 valence electrons. The molecule has 2 aromatic rings. The van der Waals surface area contributed by atoms with Gasteiger partial charge in [-0.1, -0.05) is 35.5 Å². The third-order valence-corrected chi connectivity index (χ3v) is 4.49. The minimum atomic E-state index is -0.0611. The predicted molar refractivity (Wildman–Crippen MR) is 99.9 cm³/mol. The summed E-state index contributed by atoms with van der Waals surface area (Å²) in [5.41, 5.74) is 1.54. The monoisotopic (exact) mass is 363 g/mol. The minimum Gasteiger partial charge on any atom is -0.330 e. The number of hydrogen-bond acceptors (Lipinski definition) is 4. The molecule has 3 rings (SSSR count). The van der Waals surface area contributed by atoms with E-state index in [1.54, 1.807) is 6.20 Å². The fourth-order valence-corrected chi connectivity index (χ4v) is 3.04. The summed E-state index contributed by atoms with van der Waals surface area (Å²) in [4.78, 5) is 14.7. The second kappa shape index (κ2) is 8.97. The van der Waals surface area contributed by atoms with Crippen LogP contribution in [0.2, 0.25) is 0 Å². The van der Waals surface area contributed by atoms with Gasteiger partial charge in [0.1, 0.15) is 0 Å². The van der Waals surface area contributed by atoms with E-state index in [2.05, 4.69) is 15.6 Å². The first kappa shape index (κ1) is 19.4. The molecule has 7 heteroatoms. The van der Waals surface area contributed by atoms with Crippen molar-refractivity contribution >= 4 is 18.3 Å². The summed E-state index contributed by atoms with van der Waals surface area (Å²) in [6.45, 7) is 6.60. The molecular weight excluding hydrogens is 338 g/mol. The number of carbonyl (C=O) groups is 1. The van der Waals surface area contributed by atoms with Gasteiger partial charge >= 0.3 is 0 Å². The average molecular weight is 364 g/mol. The number of piperidine rings is 1. The van der Waals surface area contributed by atoms with Gasteiger partial charge in [0.15, 0.2) is 5.69 Å². The first-order chi connectivity index (χ1) is 11.6. The molecule has 0 aliphatic carbocycles. The third-order valence-electron chi connectivity index (χ3n) is 4.49. The summed E-state index contributed by atoms with van der Waals surface area (Å²) >= 11 is 0. The second-order valence-electron chi connectivity index (χ2n) is 6.58. The summed E-state index contributed by atoms with van der Waals surface area (Å²) in [6.07, 6.45) is 3.85. The molecule has 0 saturated carbocycles. The van der Waals surface area contributed by atoms with Crippen LogP contribution in [-0.4, -0.2) is 44.9 Å². The first-order valence-electron chi connectivity index (χ1n) is 8.62. The summed E-state index contributed by atoms with van der Waals surface area (Å²) < 4.78 is 1.86. The van der Waals surface area contributed by atoms with E-state index in [-0.39, 0.29) is 24.4 Å². The molecule has 1 aromatic carbocycles. The largest absolute Gasteiger partial charge is 0.330 e. The van der Waals surface area contributed by atoms with Crippen LogP contribution in [0.1, 0.15) is 48.8 Å². The molecule has 1 saturated heterocycles. The van der Waals surface area contributed by atoms with Gasteiger partial charge in [-0.15, -0.1) is 17.5 Å². The zero-order valence-corrected chi connectivity index (χ0v) is 15.6. The van der Waals surface area contributed by atoms with Gasteiger partial charge in [-0.3, -0.25) is 4.79 Å². The Hall–Kier alpha value is -1.92. The maximum Gasteiger partial charge on any atom is 0.276 e. The van der Waals surface area contributed by atoms with E-state index >= 15 is 0 Å². The van der Waals surface area contributed by atoms with Gasteiger partial charge in [-0.25, -0.2) is 4.68 Å². The number of halogens is 1. The van der Waals surface area contributed by atoms with Crippen molar-refractivity contribution in [2.24, 2.45) is 0 Å². The molecule has 1 N–H and O–H groups in total. The van der Waals surface area contributed by atoms with Gasteiger partial charge in [0.2, 0.25) is 0 Å². The predicted octanol–water partition coefficient (Wildman–Crippen LogP) is 2.68. The topological polar surface area (TPSA) is 63.1 Å². The molecule has 0 radical (unpaired) electrons.